The Hall–Kier alpha value is -6.07. The molecule has 3 heterocycles. The summed E-state index contributed by atoms with van der Waals surface area (Å²) >= 11 is 0. The fraction of sp³-hybridized carbons (Fsp3) is 0.0930. The third-order valence-electron chi connectivity index (χ3n) is 9.28. The van der Waals surface area contributed by atoms with E-state index >= 15 is 0 Å². The molecule has 0 saturated heterocycles. The topological polar surface area (TPSA) is 42.4 Å². The maximum absolute atomic E-state index is 6.60. The average Bonchev–Trinajstić information content (AvgIpc) is 3.67. The Bertz CT molecular complexity index is 2750. The van der Waals surface area contributed by atoms with Gasteiger partial charge in [-0.05, 0) is 74.7 Å². The van der Waals surface area contributed by atoms with Gasteiger partial charge < -0.3 is 9.31 Å². The number of aromatic nitrogens is 2. The Balaban J connectivity index is 1.16. The van der Waals surface area contributed by atoms with Crippen LogP contribution in [-0.4, -0.2) is 20.5 Å². The van der Waals surface area contributed by atoms with Crippen molar-refractivity contribution in [3.63, 3.8) is 0 Å². The average molecular weight is 621 g/mol. The molecule has 0 fully saturated rings. The van der Waals surface area contributed by atoms with Gasteiger partial charge in [0, 0.05) is 23.0 Å². The molecule has 7 aromatic rings. The Morgan fingerprint density at radius 2 is 1.48 bits per heavy atom. The monoisotopic (exact) mass is 620 g/mol. The van der Waals surface area contributed by atoms with Crippen LogP contribution in [0.1, 0.15) is 31.9 Å². The lowest BCUT2D eigenvalue weighted by atomic mass is 9.88. The van der Waals surface area contributed by atoms with Crippen LogP contribution < -0.4 is 15.3 Å². The van der Waals surface area contributed by atoms with Crippen molar-refractivity contribution in [1.82, 2.24) is 9.55 Å². The van der Waals surface area contributed by atoms with E-state index in [1.54, 1.807) is 0 Å². The molecule has 0 atom stereocenters. The lowest BCUT2D eigenvalue weighted by Crippen LogP contribution is -2.20. The molecule has 0 radical (unpaired) electrons. The second kappa shape index (κ2) is 10.7. The molecule has 48 heavy (non-hydrogen) atoms. The molecule has 5 nitrogen and oxygen atoms in total. The standard InChI is InChI=1S/C43H32N4O/c1-43(2,3)29-22-23-44-41(24-29)47-38-17-7-5-14-34(38)35-20-19-32(26-40(35)47)48-31-12-9-11-30(25-31)46-27-45-37-16-6-4-13-33(37)36-15-8-10-28-18-21-39(46)42(28)36/h4-26H,1-3H3/b36-33-,45-37?,46-39?. The van der Waals surface area contributed by atoms with Crippen molar-refractivity contribution in [3.05, 3.63) is 166 Å². The number of fused-ring (bicyclic) bond motifs is 4. The molecule has 2 aliphatic rings. The normalized spacial score (nSPS) is 14.2. The Labute approximate surface area is 278 Å². The zero-order chi connectivity index (χ0) is 32.4. The van der Waals surface area contributed by atoms with E-state index in [1.165, 1.54) is 21.7 Å². The van der Waals surface area contributed by atoms with Gasteiger partial charge >= 0.3 is 0 Å². The van der Waals surface area contributed by atoms with Crippen LogP contribution in [0, 0.1) is 10.4 Å². The second-order valence-corrected chi connectivity index (χ2v) is 13.3. The van der Waals surface area contributed by atoms with Crippen molar-refractivity contribution in [2.24, 2.45) is 4.99 Å². The lowest BCUT2D eigenvalue weighted by Gasteiger charge is -2.20. The van der Waals surface area contributed by atoms with E-state index in [1.807, 2.05) is 47.2 Å². The summed E-state index contributed by atoms with van der Waals surface area (Å²) < 4.78 is 10.9. The van der Waals surface area contributed by atoms with Gasteiger partial charge in [-0.15, -0.1) is 4.99 Å². The van der Waals surface area contributed by atoms with Gasteiger partial charge in [0.05, 0.1) is 22.4 Å². The van der Waals surface area contributed by atoms with E-state index in [0.29, 0.717) is 0 Å². The summed E-state index contributed by atoms with van der Waals surface area (Å²) in [5, 5.41) is 6.67. The van der Waals surface area contributed by atoms with Gasteiger partial charge in [-0.25, -0.2) is 4.98 Å². The first kappa shape index (κ1) is 28.2. The number of para-hydroxylation sites is 2. The van der Waals surface area contributed by atoms with Gasteiger partial charge in [-0.1, -0.05) is 106 Å². The molecule has 1 aliphatic carbocycles. The first-order valence-corrected chi connectivity index (χ1v) is 16.2. The molecular formula is C43H32N4O. The molecule has 230 valence electrons. The largest absolute Gasteiger partial charge is 0.458 e. The minimum Gasteiger partial charge on any atom is -0.458 e. The molecule has 1 aliphatic heterocycles. The van der Waals surface area contributed by atoms with E-state index < -0.39 is 0 Å². The first-order valence-electron chi connectivity index (χ1n) is 16.2. The summed E-state index contributed by atoms with van der Waals surface area (Å²) in [5.74, 6) is 2.36. The highest BCUT2D eigenvalue weighted by atomic mass is 16.5. The van der Waals surface area contributed by atoms with E-state index in [2.05, 4.69) is 129 Å². The first-order chi connectivity index (χ1) is 23.4. The predicted octanol–water partition coefficient (Wildman–Crippen LogP) is 8.57. The van der Waals surface area contributed by atoms with Gasteiger partial charge in [0.25, 0.3) is 6.34 Å². The lowest BCUT2D eigenvalue weighted by molar-refractivity contribution is -0.327. The van der Waals surface area contributed by atoms with Crippen molar-refractivity contribution >= 4 is 45.6 Å². The summed E-state index contributed by atoms with van der Waals surface area (Å²) in [7, 11) is 0. The molecule has 0 spiro atoms. The highest BCUT2D eigenvalue weighted by molar-refractivity contribution is 6.09. The Morgan fingerprint density at radius 1 is 0.688 bits per heavy atom. The zero-order valence-corrected chi connectivity index (χ0v) is 27.0. The zero-order valence-electron chi connectivity index (χ0n) is 27.0. The van der Waals surface area contributed by atoms with Crippen LogP contribution in [0.2, 0.25) is 0 Å². The minimum absolute atomic E-state index is 0.00395. The maximum atomic E-state index is 6.60. The molecule has 9 rings (SSSR count). The summed E-state index contributed by atoms with van der Waals surface area (Å²) in [6.45, 7) is 6.69. The summed E-state index contributed by atoms with van der Waals surface area (Å²) in [4.78, 5) is 9.65. The number of rotatable bonds is 4. The molecule has 0 amide bonds. The van der Waals surface area contributed by atoms with Crippen molar-refractivity contribution in [2.45, 2.75) is 26.2 Å². The van der Waals surface area contributed by atoms with E-state index in [-0.39, 0.29) is 5.41 Å². The van der Waals surface area contributed by atoms with Crippen LogP contribution in [0.15, 0.2) is 139 Å². The molecule has 0 unspecified atom stereocenters. The fourth-order valence-electron chi connectivity index (χ4n) is 6.90. The van der Waals surface area contributed by atoms with Gasteiger partial charge in [-0.2, -0.15) is 0 Å². The highest BCUT2D eigenvalue weighted by Crippen LogP contribution is 2.36. The third-order valence-corrected chi connectivity index (χ3v) is 9.28. The van der Waals surface area contributed by atoms with Gasteiger partial charge in [0.2, 0.25) is 0 Å². The van der Waals surface area contributed by atoms with E-state index in [0.717, 1.165) is 60.9 Å². The Kier molecular flexibility index (Phi) is 6.31. The fourth-order valence-corrected chi connectivity index (χ4v) is 6.90. The van der Waals surface area contributed by atoms with Gasteiger partial charge in [-0.3, -0.25) is 4.57 Å². The van der Waals surface area contributed by atoms with Crippen LogP contribution >= 0.6 is 0 Å². The van der Waals surface area contributed by atoms with Crippen LogP contribution in [0.3, 0.4) is 0 Å². The van der Waals surface area contributed by atoms with Crippen LogP contribution in [0.5, 0.6) is 11.5 Å². The number of ether oxygens (including phenoxy) is 1. The number of pyridine rings is 1. The number of benzene rings is 5. The van der Waals surface area contributed by atoms with Crippen molar-refractivity contribution in [1.29, 1.82) is 0 Å². The molecule has 5 heteroatoms. The van der Waals surface area contributed by atoms with Crippen LogP contribution in [0.4, 0.5) is 5.69 Å². The van der Waals surface area contributed by atoms with Crippen molar-refractivity contribution in [3.8, 4) is 17.3 Å². The van der Waals surface area contributed by atoms with E-state index in [9.17, 15) is 0 Å². The van der Waals surface area contributed by atoms with Gasteiger partial charge in [0.1, 0.15) is 22.7 Å². The SMILES string of the molecule is CC(C)(C)c1ccnc(-n2c3ccccc3c3ccc(Oc4cccc([N+]5=[C-]N=c6cccc/c6=c6\cccc7c6=C5C=C7)c4)cc32)c1. The molecule has 0 bridgehead atoms. The summed E-state index contributed by atoms with van der Waals surface area (Å²) in [6.07, 6.45) is 9.56. The summed E-state index contributed by atoms with van der Waals surface area (Å²) in [5.41, 5.74) is 6.53. The molecule has 0 N–H and O–H groups in total. The Morgan fingerprint density at radius 3 is 2.40 bits per heavy atom. The van der Waals surface area contributed by atoms with Crippen LogP contribution in [-0.2, 0) is 5.41 Å². The minimum atomic E-state index is 0.00395. The highest BCUT2D eigenvalue weighted by Gasteiger charge is 2.19. The van der Waals surface area contributed by atoms with Crippen LogP contribution in [0.25, 0.3) is 39.4 Å². The van der Waals surface area contributed by atoms with E-state index in [4.69, 9.17) is 14.7 Å². The predicted molar refractivity (Wildman–Crippen MR) is 192 cm³/mol. The number of nitrogens with zero attached hydrogens (tertiary/aromatic N) is 4. The maximum Gasteiger partial charge on any atom is 0.288 e. The number of hydrogen-bond donors (Lipinski definition) is 0. The van der Waals surface area contributed by atoms with Crippen molar-refractivity contribution < 1.29 is 9.31 Å². The quantitative estimate of drug-likeness (QED) is 0.146. The second-order valence-electron chi connectivity index (χ2n) is 13.3. The summed E-state index contributed by atoms with van der Waals surface area (Å²) in [6, 6.07) is 41.9. The van der Waals surface area contributed by atoms with Gasteiger partial charge in [0.15, 0.2) is 0 Å². The third kappa shape index (κ3) is 4.58. The molecular weight excluding hydrogens is 589 g/mol. The van der Waals surface area contributed by atoms with Crippen molar-refractivity contribution in [2.75, 3.05) is 0 Å². The number of hydrogen-bond acceptors (Lipinski definition) is 3. The molecule has 2 aromatic heterocycles. The smallest absolute Gasteiger partial charge is 0.288 e. The molecule has 5 aromatic carbocycles. The molecule has 0 saturated carbocycles.